The number of anilines is 2. The summed E-state index contributed by atoms with van der Waals surface area (Å²) >= 11 is 0. The lowest BCUT2D eigenvalue weighted by Crippen LogP contribution is -2.47. The minimum absolute atomic E-state index is 0.00283. The summed E-state index contributed by atoms with van der Waals surface area (Å²) in [6, 6.07) is 12.3. The van der Waals surface area contributed by atoms with E-state index in [1.807, 2.05) is 30.3 Å². The van der Waals surface area contributed by atoms with E-state index in [1.54, 1.807) is 13.3 Å². The quantitative estimate of drug-likeness (QED) is 0.841. The van der Waals surface area contributed by atoms with Crippen LogP contribution in [0.1, 0.15) is 42.5 Å². The van der Waals surface area contributed by atoms with Crippen LogP contribution in [0.3, 0.4) is 0 Å². The van der Waals surface area contributed by atoms with Gasteiger partial charge in [0.05, 0.1) is 18.4 Å². The van der Waals surface area contributed by atoms with Crippen LogP contribution in [0.2, 0.25) is 0 Å². The molecule has 0 spiro atoms. The second-order valence-corrected chi connectivity index (χ2v) is 7.86. The van der Waals surface area contributed by atoms with Crippen LogP contribution in [0, 0.1) is 0 Å². The van der Waals surface area contributed by atoms with Crippen molar-refractivity contribution in [1.82, 2.24) is 10.3 Å². The maximum Gasteiger partial charge on any atom is 0.253 e. The van der Waals surface area contributed by atoms with Crippen LogP contribution in [0.4, 0.5) is 11.5 Å². The van der Waals surface area contributed by atoms with E-state index < -0.39 is 0 Å². The van der Waals surface area contributed by atoms with Crippen molar-refractivity contribution in [2.24, 2.45) is 0 Å². The van der Waals surface area contributed by atoms with Gasteiger partial charge < -0.3 is 19.9 Å². The zero-order valence-corrected chi connectivity index (χ0v) is 17.1. The lowest BCUT2D eigenvalue weighted by molar-refractivity contribution is 0.0927. The van der Waals surface area contributed by atoms with Crippen LogP contribution in [0.15, 0.2) is 42.6 Å². The summed E-state index contributed by atoms with van der Waals surface area (Å²) in [5.74, 6) is 1.84. The van der Waals surface area contributed by atoms with Gasteiger partial charge in [-0.05, 0) is 37.1 Å². The van der Waals surface area contributed by atoms with Crippen LogP contribution >= 0.6 is 0 Å². The maximum absolute atomic E-state index is 12.5. The Kier molecular flexibility index (Phi) is 6.17. The first-order valence-electron chi connectivity index (χ1n) is 10.6. The van der Waals surface area contributed by atoms with Crippen molar-refractivity contribution in [2.45, 2.75) is 38.1 Å². The van der Waals surface area contributed by atoms with Gasteiger partial charge in [0, 0.05) is 38.4 Å². The number of methoxy groups -OCH3 is 1. The summed E-state index contributed by atoms with van der Waals surface area (Å²) in [5.41, 5.74) is 1.78. The fourth-order valence-electron chi connectivity index (χ4n) is 4.29. The summed E-state index contributed by atoms with van der Waals surface area (Å²) in [6.07, 6.45) is 7.60. The Morgan fingerprint density at radius 3 is 2.41 bits per heavy atom. The topological polar surface area (TPSA) is 57.7 Å². The fraction of sp³-hybridized carbons (Fsp3) is 0.478. The van der Waals surface area contributed by atoms with Crippen molar-refractivity contribution in [3.05, 3.63) is 48.2 Å². The predicted octanol–water partition coefficient (Wildman–Crippen LogP) is 3.48. The number of hydrogen-bond acceptors (Lipinski definition) is 5. The van der Waals surface area contributed by atoms with Crippen molar-refractivity contribution in [3.8, 4) is 5.75 Å². The molecule has 1 saturated carbocycles. The number of nitrogens with one attached hydrogen (secondary N) is 1. The van der Waals surface area contributed by atoms with Gasteiger partial charge in [-0.15, -0.1) is 0 Å². The molecule has 0 unspecified atom stereocenters. The number of para-hydroxylation sites is 2. The second-order valence-electron chi connectivity index (χ2n) is 7.86. The highest BCUT2D eigenvalue weighted by atomic mass is 16.5. The van der Waals surface area contributed by atoms with Gasteiger partial charge in [-0.2, -0.15) is 0 Å². The molecule has 1 amide bonds. The molecular weight excluding hydrogens is 364 g/mol. The Bertz CT molecular complexity index is 810. The molecule has 1 aromatic carbocycles. The Morgan fingerprint density at radius 2 is 1.72 bits per heavy atom. The number of hydrogen-bond donors (Lipinski definition) is 1. The monoisotopic (exact) mass is 394 g/mol. The summed E-state index contributed by atoms with van der Waals surface area (Å²) in [5, 5.41) is 3.16. The number of pyridine rings is 1. The van der Waals surface area contributed by atoms with Crippen molar-refractivity contribution in [1.29, 1.82) is 0 Å². The Hall–Kier alpha value is -2.76. The average molecular weight is 395 g/mol. The van der Waals surface area contributed by atoms with E-state index in [0.717, 1.165) is 56.3 Å². The van der Waals surface area contributed by atoms with Crippen molar-refractivity contribution < 1.29 is 9.53 Å². The number of ether oxygens (including phenoxy) is 1. The molecule has 2 heterocycles. The number of amides is 1. The number of piperazine rings is 1. The average Bonchev–Trinajstić information content (AvgIpc) is 2.80. The maximum atomic E-state index is 12.5. The molecule has 2 aromatic rings. The van der Waals surface area contributed by atoms with E-state index in [1.165, 1.54) is 19.3 Å². The smallest absolute Gasteiger partial charge is 0.253 e. The third kappa shape index (κ3) is 4.63. The van der Waals surface area contributed by atoms with Gasteiger partial charge in [0.1, 0.15) is 11.6 Å². The molecule has 6 heteroatoms. The molecule has 6 nitrogen and oxygen atoms in total. The first-order chi connectivity index (χ1) is 14.2. The highest BCUT2D eigenvalue weighted by Crippen LogP contribution is 2.29. The van der Waals surface area contributed by atoms with Gasteiger partial charge in [0.25, 0.3) is 5.91 Å². The third-order valence-corrected chi connectivity index (χ3v) is 5.98. The van der Waals surface area contributed by atoms with Crippen molar-refractivity contribution >= 4 is 17.4 Å². The minimum Gasteiger partial charge on any atom is -0.495 e. The molecule has 0 radical (unpaired) electrons. The lowest BCUT2D eigenvalue weighted by atomic mass is 9.95. The normalized spacial score (nSPS) is 17.8. The zero-order valence-electron chi connectivity index (χ0n) is 17.1. The van der Waals surface area contributed by atoms with Gasteiger partial charge in [0.2, 0.25) is 0 Å². The lowest BCUT2D eigenvalue weighted by Gasteiger charge is -2.37. The highest BCUT2D eigenvalue weighted by molar-refractivity contribution is 5.94. The molecule has 154 valence electrons. The van der Waals surface area contributed by atoms with Crippen LogP contribution < -0.4 is 19.9 Å². The molecule has 29 heavy (non-hydrogen) atoms. The van der Waals surface area contributed by atoms with E-state index in [4.69, 9.17) is 4.74 Å². The number of rotatable bonds is 5. The SMILES string of the molecule is COc1ccccc1N1CCN(c2ccc(C(=O)NC3CCCCC3)cn2)CC1. The standard InChI is InChI=1S/C23H30N4O2/c1-29-21-10-6-5-9-20(21)26-13-15-27(16-14-26)22-12-11-18(17-24-22)23(28)25-19-7-3-2-4-8-19/h5-6,9-12,17,19H,2-4,7-8,13-16H2,1H3,(H,25,28). The molecule has 1 N–H and O–H groups in total. The highest BCUT2D eigenvalue weighted by Gasteiger charge is 2.21. The molecule has 0 atom stereocenters. The Labute approximate surface area is 172 Å². The molecule has 2 fully saturated rings. The van der Waals surface area contributed by atoms with Gasteiger partial charge in [-0.3, -0.25) is 4.79 Å². The molecular formula is C23H30N4O2. The minimum atomic E-state index is -0.00283. The number of carbonyl (C=O) groups is 1. The zero-order chi connectivity index (χ0) is 20.1. The first kappa shape index (κ1) is 19.6. The Morgan fingerprint density at radius 1 is 1.00 bits per heavy atom. The van der Waals surface area contributed by atoms with E-state index >= 15 is 0 Å². The summed E-state index contributed by atoms with van der Waals surface area (Å²) in [4.78, 5) is 21.7. The van der Waals surface area contributed by atoms with Crippen LogP contribution in [0.25, 0.3) is 0 Å². The molecule has 4 rings (SSSR count). The molecule has 1 aliphatic heterocycles. The molecule has 0 bridgehead atoms. The van der Waals surface area contributed by atoms with Gasteiger partial charge in [0.15, 0.2) is 0 Å². The van der Waals surface area contributed by atoms with E-state index in [2.05, 4.69) is 26.2 Å². The van der Waals surface area contributed by atoms with Crippen molar-refractivity contribution in [2.75, 3.05) is 43.1 Å². The van der Waals surface area contributed by atoms with E-state index in [0.29, 0.717) is 11.6 Å². The largest absolute Gasteiger partial charge is 0.495 e. The number of nitrogens with zero attached hydrogens (tertiary/aromatic N) is 3. The van der Waals surface area contributed by atoms with E-state index in [-0.39, 0.29) is 5.91 Å². The van der Waals surface area contributed by atoms with Gasteiger partial charge >= 0.3 is 0 Å². The van der Waals surface area contributed by atoms with Crippen LogP contribution in [-0.2, 0) is 0 Å². The fourth-order valence-corrected chi connectivity index (χ4v) is 4.29. The van der Waals surface area contributed by atoms with Crippen LogP contribution in [0.5, 0.6) is 5.75 Å². The molecule has 1 aromatic heterocycles. The first-order valence-corrected chi connectivity index (χ1v) is 10.6. The molecule has 2 aliphatic rings. The summed E-state index contributed by atoms with van der Waals surface area (Å²) < 4.78 is 5.49. The number of carbonyl (C=O) groups excluding carboxylic acids is 1. The Balaban J connectivity index is 1.33. The second kappa shape index (κ2) is 9.16. The number of benzene rings is 1. The predicted molar refractivity (Wildman–Crippen MR) is 116 cm³/mol. The number of aromatic nitrogens is 1. The van der Waals surface area contributed by atoms with Gasteiger partial charge in [-0.25, -0.2) is 4.98 Å². The molecule has 1 saturated heterocycles. The third-order valence-electron chi connectivity index (χ3n) is 5.98. The van der Waals surface area contributed by atoms with E-state index in [9.17, 15) is 4.79 Å². The summed E-state index contributed by atoms with van der Waals surface area (Å²) in [6.45, 7) is 3.59. The van der Waals surface area contributed by atoms with Crippen molar-refractivity contribution in [3.63, 3.8) is 0 Å². The molecule has 1 aliphatic carbocycles. The summed E-state index contributed by atoms with van der Waals surface area (Å²) in [7, 11) is 1.71. The van der Waals surface area contributed by atoms with Crippen LogP contribution in [-0.4, -0.2) is 50.2 Å². The van der Waals surface area contributed by atoms with Gasteiger partial charge in [-0.1, -0.05) is 31.4 Å².